The molecule has 0 radical (unpaired) electrons. The van der Waals surface area contributed by atoms with E-state index in [-0.39, 0.29) is 37.5 Å². The van der Waals surface area contributed by atoms with E-state index in [2.05, 4.69) is 0 Å². The van der Waals surface area contributed by atoms with Crippen LogP contribution in [-0.2, 0) is 14.3 Å². The lowest BCUT2D eigenvalue weighted by atomic mass is 9.84. The molecule has 7 nitrogen and oxygen atoms in total. The number of carbonyl (C=O) groups is 1. The zero-order valence-corrected chi connectivity index (χ0v) is 14.3. The molecule has 4 atom stereocenters. The van der Waals surface area contributed by atoms with Gasteiger partial charge in [-0.05, 0) is 23.8 Å². The first-order chi connectivity index (χ1) is 13.3. The summed E-state index contributed by atoms with van der Waals surface area (Å²) in [5, 5.41) is 0. The smallest absolute Gasteiger partial charge is 0.313 e. The Morgan fingerprint density at radius 2 is 1.70 bits per heavy atom. The molecule has 0 N–H and O–H groups in total. The molecular formula is C20H16O7. The molecule has 0 saturated carbocycles. The van der Waals surface area contributed by atoms with Crippen LogP contribution in [0.4, 0.5) is 0 Å². The minimum atomic E-state index is -0.404. The van der Waals surface area contributed by atoms with Gasteiger partial charge in [-0.3, -0.25) is 4.79 Å². The molecular weight excluding hydrogens is 352 g/mol. The van der Waals surface area contributed by atoms with Crippen molar-refractivity contribution in [2.45, 2.75) is 12.2 Å². The zero-order chi connectivity index (χ0) is 18.0. The highest BCUT2D eigenvalue weighted by atomic mass is 16.7. The monoisotopic (exact) mass is 368 g/mol. The highest BCUT2D eigenvalue weighted by Crippen LogP contribution is 2.54. The van der Waals surface area contributed by atoms with Crippen molar-refractivity contribution in [3.63, 3.8) is 0 Å². The molecule has 27 heavy (non-hydrogen) atoms. The van der Waals surface area contributed by atoms with E-state index in [1.165, 1.54) is 0 Å². The Morgan fingerprint density at radius 1 is 0.852 bits per heavy atom. The van der Waals surface area contributed by atoms with Gasteiger partial charge in [0.1, 0.15) is 6.10 Å². The van der Waals surface area contributed by atoms with Crippen molar-refractivity contribution in [3.05, 3.63) is 47.5 Å². The number of ether oxygens (including phenoxy) is 6. The summed E-state index contributed by atoms with van der Waals surface area (Å²) >= 11 is 0. The fraction of sp³-hybridized carbons (Fsp3) is 0.350. The van der Waals surface area contributed by atoms with E-state index in [9.17, 15) is 4.79 Å². The largest absolute Gasteiger partial charge is 0.457 e. The summed E-state index contributed by atoms with van der Waals surface area (Å²) in [6.45, 7) is 0.823. The molecule has 4 aliphatic rings. The van der Waals surface area contributed by atoms with Crippen molar-refractivity contribution in [2.24, 2.45) is 11.8 Å². The van der Waals surface area contributed by atoms with Crippen LogP contribution in [0.2, 0.25) is 0 Å². The summed E-state index contributed by atoms with van der Waals surface area (Å²) in [6.07, 6.45) is -0.769. The van der Waals surface area contributed by atoms with E-state index in [4.69, 9.17) is 28.4 Å². The van der Waals surface area contributed by atoms with Gasteiger partial charge in [0.05, 0.1) is 18.6 Å². The molecule has 2 fully saturated rings. The third kappa shape index (κ3) is 2.15. The first-order valence-electron chi connectivity index (χ1n) is 8.90. The van der Waals surface area contributed by atoms with Crippen LogP contribution in [0.5, 0.6) is 23.0 Å². The number of para-hydroxylation sites is 1. The Kier molecular flexibility index (Phi) is 3.11. The fourth-order valence-electron chi connectivity index (χ4n) is 4.38. The lowest BCUT2D eigenvalue weighted by Crippen LogP contribution is -2.17. The third-order valence-electron chi connectivity index (χ3n) is 5.62. The van der Waals surface area contributed by atoms with Crippen LogP contribution >= 0.6 is 0 Å². The maximum atomic E-state index is 12.7. The van der Waals surface area contributed by atoms with E-state index < -0.39 is 6.10 Å². The molecule has 0 spiro atoms. The predicted octanol–water partition coefficient (Wildman–Crippen LogP) is 2.75. The van der Waals surface area contributed by atoms with Crippen molar-refractivity contribution >= 4 is 5.97 Å². The Labute approximate surface area is 154 Å². The van der Waals surface area contributed by atoms with Crippen LogP contribution in [0.3, 0.4) is 0 Å². The summed E-state index contributed by atoms with van der Waals surface area (Å²) < 4.78 is 33.7. The number of carbonyl (C=O) groups excluding carboxylic acids is 1. The number of benzene rings is 2. The molecule has 2 aromatic rings. The minimum Gasteiger partial charge on any atom is -0.457 e. The molecule has 0 bridgehead atoms. The molecule has 4 aliphatic heterocycles. The number of esters is 1. The number of fused-ring (bicyclic) bond motifs is 3. The number of hydrogen-bond acceptors (Lipinski definition) is 7. The molecule has 6 rings (SSSR count). The molecule has 2 aromatic carbocycles. The standard InChI is InChI=1S/C20H16O7/c21-20-16-12(18(27-20)11-2-1-3-14-19(11)26-9-24-14)7-22-17(16)10-4-5-13-15(6-10)25-8-23-13/h1-6,12,16-18H,7-9H2/t12-,16-,17+,18+/m1/s1. The van der Waals surface area contributed by atoms with Crippen LogP contribution in [0.25, 0.3) is 0 Å². The van der Waals surface area contributed by atoms with Crippen LogP contribution in [0.1, 0.15) is 23.3 Å². The predicted molar refractivity (Wildman–Crippen MR) is 89.6 cm³/mol. The van der Waals surface area contributed by atoms with Crippen molar-refractivity contribution in [2.75, 3.05) is 20.2 Å². The van der Waals surface area contributed by atoms with Gasteiger partial charge in [0.25, 0.3) is 0 Å². The quantitative estimate of drug-likeness (QED) is 0.755. The Balaban J connectivity index is 1.34. The third-order valence-corrected chi connectivity index (χ3v) is 5.62. The minimum absolute atomic E-state index is 0.0800. The van der Waals surface area contributed by atoms with Gasteiger partial charge in [-0.15, -0.1) is 0 Å². The average molecular weight is 368 g/mol. The van der Waals surface area contributed by atoms with Crippen LogP contribution in [0.15, 0.2) is 36.4 Å². The topological polar surface area (TPSA) is 72.5 Å². The summed E-state index contributed by atoms with van der Waals surface area (Å²) in [4.78, 5) is 12.7. The van der Waals surface area contributed by atoms with Gasteiger partial charge < -0.3 is 28.4 Å². The van der Waals surface area contributed by atoms with Crippen molar-refractivity contribution in [1.29, 1.82) is 0 Å². The maximum Gasteiger partial charge on any atom is 0.313 e. The van der Waals surface area contributed by atoms with Gasteiger partial charge in [-0.2, -0.15) is 0 Å². The van der Waals surface area contributed by atoms with Gasteiger partial charge in [-0.1, -0.05) is 18.2 Å². The van der Waals surface area contributed by atoms with Crippen LogP contribution in [0, 0.1) is 11.8 Å². The Hall–Kier alpha value is -2.93. The molecule has 7 heteroatoms. The summed E-state index contributed by atoms with van der Waals surface area (Å²) in [7, 11) is 0. The lowest BCUT2D eigenvalue weighted by molar-refractivity contribution is -0.148. The Morgan fingerprint density at radius 3 is 2.67 bits per heavy atom. The fourth-order valence-corrected chi connectivity index (χ4v) is 4.38. The van der Waals surface area contributed by atoms with E-state index in [1.54, 1.807) is 0 Å². The average Bonchev–Trinajstić information content (AvgIpc) is 3.45. The van der Waals surface area contributed by atoms with Gasteiger partial charge in [0.2, 0.25) is 13.6 Å². The first-order valence-corrected chi connectivity index (χ1v) is 8.90. The summed E-state index contributed by atoms with van der Waals surface area (Å²) in [5.41, 5.74) is 1.73. The second kappa shape index (κ2) is 5.53. The van der Waals surface area contributed by atoms with Crippen LogP contribution < -0.4 is 18.9 Å². The SMILES string of the molecule is O=C1O[C@@H](c2cccc3c2OCO3)[C@@H]2CO[C@@H](c3ccc4c(c3)OCO4)[C@H]12. The second-order valence-electron chi connectivity index (χ2n) is 6.99. The van der Waals surface area contributed by atoms with Crippen molar-refractivity contribution in [3.8, 4) is 23.0 Å². The molecule has 0 aromatic heterocycles. The molecule has 0 amide bonds. The highest BCUT2D eigenvalue weighted by molar-refractivity contribution is 5.77. The number of cyclic esters (lactones) is 1. The molecule has 138 valence electrons. The molecule has 0 unspecified atom stereocenters. The maximum absolute atomic E-state index is 12.7. The van der Waals surface area contributed by atoms with E-state index in [0.29, 0.717) is 29.6 Å². The number of hydrogen-bond donors (Lipinski definition) is 0. The normalized spacial score (nSPS) is 29.7. The van der Waals surface area contributed by atoms with Gasteiger partial charge >= 0.3 is 5.97 Å². The lowest BCUT2D eigenvalue weighted by Gasteiger charge is -2.16. The molecule has 2 saturated heterocycles. The van der Waals surface area contributed by atoms with Gasteiger partial charge in [0.15, 0.2) is 23.0 Å². The summed E-state index contributed by atoms with van der Waals surface area (Å²) in [5.74, 6) is 2.02. The zero-order valence-electron chi connectivity index (χ0n) is 14.3. The van der Waals surface area contributed by atoms with E-state index in [1.807, 2.05) is 36.4 Å². The molecule has 4 heterocycles. The van der Waals surface area contributed by atoms with Crippen molar-refractivity contribution in [1.82, 2.24) is 0 Å². The summed E-state index contributed by atoms with van der Waals surface area (Å²) in [6, 6.07) is 11.3. The Bertz CT molecular complexity index is 940. The van der Waals surface area contributed by atoms with Crippen molar-refractivity contribution < 1.29 is 33.2 Å². The first kappa shape index (κ1) is 15.2. The van der Waals surface area contributed by atoms with Gasteiger partial charge in [0, 0.05) is 11.5 Å². The van der Waals surface area contributed by atoms with E-state index in [0.717, 1.165) is 11.1 Å². The number of rotatable bonds is 2. The highest BCUT2D eigenvalue weighted by Gasteiger charge is 2.55. The second-order valence-corrected chi connectivity index (χ2v) is 6.99. The molecule has 0 aliphatic carbocycles. The van der Waals surface area contributed by atoms with Gasteiger partial charge in [-0.25, -0.2) is 0 Å². The van der Waals surface area contributed by atoms with E-state index >= 15 is 0 Å². The van der Waals surface area contributed by atoms with Crippen LogP contribution in [-0.4, -0.2) is 26.2 Å².